The summed E-state index contributed by atoms with van der Waals surface area (Å²) in [4.78, 5) is 13.6. The van der Waals surface area contributed by atoms with Gasteiger partial charge in [-0.15, -0.1) is 10.2 Å². The molecule has 2 aromatic rings. The molecule has 5 heteroatoms. The van der Waals surface area contributed by atoms with Crippen molar-refractivity contribution < 1.29 is 4.79 Å². The number of aryl methyl sites for hydroxylation is 1. The SMILES string of the molecule is CCc1cc(N2CCC[C@@H](C(N)=O)C2)nnc1-c1ccccc1. The number of nitrogens with zero attached hydrogens (tertiary/aromatic N) is 3. The Kier molecular flexibility index (Phi) is 4.55. The van der Waals surface area contributed by atoms with Crippen molar-refractivity contribution >= 4 is 11.7 Å². The van der Waals surface area contributed by atoms with Crippen molar-refractivity contribution in [3.63, 3.8) is 0 Å². The molecule has 0 spiro atoms. The number of carbonyl (C=O) groups is 1. The smallest absolute Gasteiger partial charge is 0.222 e. The van der Waals surface area contributed by atoms with Crippen LogP contribution in [-0.2, 0) is 11.2 Å². The third-order valence-electron chi connectivity index (χ3n) is 4.44. The molecule has 1 fully saturated rings. The first kappa shape index (κ1) is 15.5. The molecule has 0 bridgehead atoms. The lowest BCUT2D eigenvalue weighted by atomic mass is 9.97. The van der Waals surface area contributed by atoms with Gasteiger partial charge in [-0.2, -0.15) is 0 Å². The van der Waals surface area contributed by atoms with E-state index in [1.807, 2.05) is 30.3 Å². The lowest BCUT2D eigenvalue weighted by Gasteiger charge is -2.32. The average Bonchev–Trinajstić information content (AvgIpc) is 2.62. The summed E-state index contributed by atoms with van der Waals surface area (Å²) in [6.45, 7) is 3.65. The van der Waals surface area contributed by atoms with Gasteiger partial charge in [-0.3, -0.25) is 4.79 Å². The van der Waals surface area contributed by atoms with Crippen LogP contribution in [0.1, 0.15) is 25.3 Å². The van der Waals surface area contributed by atoms with Gasteiger partial charge in [0.1, 0.15) is 0 Å². The van der Waals surface area contributed by atoms with E-state index < -0.39 is 0 Å². The second-order valence-electron chi connectivity index (χ2n) is 5.98. The van der Waals surface area contributed by atoms with E-state index in [0.717, 1.165) is 42.9 Å². The maximum Gasteiger partial charge on any atom is 0.222 e. The van der Waals surface area contributed by atoms with Crippen LogP contribution < -0.4 is 10.6 Å². The number of nitrogens with two attached hydrogens (primary N) is 1. The molecule has 23 heavy (non-hydrogen) atoms. The minimum Gasteiger partial charge on any atom is -0.369 e. The predicted octanol–water partition coefficient (Wildman–Crippen LogP) is 2.41. The van der Waals surface area contributed by atoms with E-state index in [1.54, 1.807) is 0 Å². The van der Waals surface area contributed by atoms with Crippen LogP contribution in [0.3, 0.4) is 0 Å². The molecule has 1 aliphatic heterocycles. The number of aromatic nitrogens is 2. The van der Waals surface area contributed by atoms with Gasteiger partial charge in [0.05, 0.1) is 11.6 Å². The largest absolute Gasteiger partial charge is 0.369 e. The van der Waals surface area contributed by atoms with Crippen LogP contribution in [0.25, 0.3) is 11.3 Å². The van der Waals surface area contributed by atoms with Crippen molar-refractivity contribution in [2.24, 2.45) is 11.7 Å². The molecule has 1 amide bonds. The first-order chi connectivity index (χ1) is 11.2. The van der Waals surface area contributed by atoms with Crippen molar-refractivity contribution in [3.8, 4) is 11.3 Å². The Morgan fingerprint density at radius 3 is 2.78 bits per heavy atom. The Morgan fingerprint density at radius 1 is 1.30 bits per heavy atom. The normalized spacial score (nSPS) is 18.0. The van der Waals surface area contributed by atoms with Gasteiger partial charge in [0.15, 0.2) is 5.82 Å². The van der Waals surface area contributed by atoms with Crippen LogP contribution in [-0.4, -0.2) is 29.2 Å². The second-order valence-corrected chi connectivity index (χ2v) is 5.98. The third kappa shape index (κ3) is 3.33. The summed E-state index contributed by atoms with van der Waals surface area (Å²) in [5.74, 6) is 0.524. The number of carbonyl (C=O) groups excluding carboxylic acids is 1. The number of hydrogen-bond acceptors (Lipinski definition) is 4. The van der Waals surface area contributed by atoms with Crippen LogP contribution in [0, 0.1) is 5.92 Å². The summed E-state index contributed by atoms with van der Waals surface area (Å²) < 4.78 is 0. The summed E-state index contributed by atoms with van der Waals surface area (Å²) in [6.07, 6.45) is 2.71. The zero-order chi connectivity index (χ0) is 16.2. The molecule has 0 saturated carbocycles. The van der Waals surface area contributed by atoms with Gasteiger partial charge < -0.3 is 10.6 Å². The van der Waals surface area contributed by atoms with Gasteiger partial charge in [-0.1, -0.05) is 37.3 Å². The zero-order valence-corrected chi connectivity index (χ0v) is 13.4. The van der Waals surface area contributed by atoms with Crippen molar-refractivity contribution in [2.45, 2.75) is 26.2 Å². The number of benzene rings is 1. The molecule has 1 aromatic heterocycles. The fraction of sp³-hybridized carbons (Fsp3) is 0.389. The highest BCUT2D eigenvalue weighted by atomic mass is 16.1. The molecule has 1 saturated heterocycles. The predicted molar refractivity (Wildman–Crippen MR) is 91.0 cm³/mol. The van der Waals surface area contributed by atoms with E-state index in [1.165, 1.54) is 5.56 Å². The number of amides is 1. The number of hydrogen-bond donors (Lipinski definition) is 1. The summed E-state index contributed by atoms with van der Waals surface area (Å²) in [5.41, 5.74) is 8.64. The summed E-state index contributed by atoms with van der Waals surface area (Å²) in [6, 6.07) is 12.2. The molecule has 5 nitrogen and oxygen atoms in total. The van der Waals surface area contributed by atoms with E-state index in [-0.39, 0.29) is 11.8 Å². The minimum atomic E-state index is -0.223. The highest BCUT2D eigenvalue weighted by molar-refractivity contribution is 5.77. The maximum absolute atomic E-state index is 11.5. The van der Waals surface area contributed by atoms with E-state index in [0.29, 0.717) is 6.54 Å². The molecular weight excluding hydrogens is 288 g/mol. The maximum atomic E-state index is 11.5. The van der Waals surface area contributed by atoms with Gasteiger partial charge in [0, 0.05) is 18.7 Å². The molecule has 0 aliphatic carbocycles. The number of piperidine rings is 1. The van der Waals surface area contributed by atoms with Crippen LogP contribution >= 0.6 is 0 Å². The number of primary amides is 1. The topological polar surface area (TPSA) is 72.1 Å². The van der Waals surface area contributed by atoms with Crippen LogP contribution in [0.5, 0.6) is 0 Å². The fourth-order valence-corrected chi connectivity index (χ4v) is 3.10. The number of anilines is 1. The van der Waals surface area contributed by atoms with E-state index in [9.17, 15) is 4.79 Å². The second kappa shape index (κ2) is 6.77. The molecule has 0 unspecified atom stereocenters. The molecule has 1 aliphatic rings. The van der Waals surface area contributed by atoms with Crippen LogP contribution in [0.2, 0.25) is 0 Å². The highest BCUT2D eigenvalue weighted by Crippen LogP contribution is 2.26. The summed E-state index contributed by atoms with van der Waals surface area (Å²) in [5, 5.41) is 8.86. The van der Waals surface area contributed by atoms with Crippen molar-refractivity contribution in [1.82, 2.24) is 10.2 Å². The monoisotopic (exact) mass is 310 g/mol. The first-order valence-corrected chi connectivity index (χ1v) is 8.15. The molecule has 120 valence electrons. The Morgan fingerprint density at radius 2 is 2.09 bits per heavy atom. The van der Waals surface area contributed by atoms with Crippen LogP contribution in [0.4, 0.5) is 5.82 Å². The Hall–Kier alpha value is -2.43. The Bertz CT molecular complexity index is 687. The van der Waals surface area contributed by atoms with E-state index >= 15 is 0 Å². The number of rotatable bonds is 4. The minimum absolute atomic E-state index is 0.0931. The van der Waals surface area contributed by atoms with Gasteiger partial charge in [-0.25, -0.2) is 0 Å². The van der Waals surface area contributed by atoms with Crippen molar-refractivity contribution in [1.29, 1.82) is 0 Å². The molecule has 0 radical (unpaired) electrons. The van der Waals surface area contributed by atoms with Crippen molar-refractivity contribution in [3.05, 3.63) is 42.0 Å². The molecule has 1 atom stereocenters. The van der Waals surface area contributed by atoms with E-state index in [2.05, 4.69) is 28.1 Å². The van der Waals surface area contributed by atoms with Gasteiger partial charge >= 0.3 is 0 Å². The van der Waals surface area contributed by atoms with E-state index in [4.69, 9.17) is 5.73 Å². The van der Waals surface area contributed by atoms with Gasteiger partial charge in [0.25, 0.3) is 0 Å². The fourth-order valence-electron chi connectivity index (χ4n) is 3.10. The highest BCUT2D eigenvalue weighted by Gasteiger charge is 2.25. The van der Waals surface area contributed by atoms with Crippen LogP contribution in [0.15, 0.2) is 36.4 Å². The lowest BCUT2D eigenvalue weighted by molar-refractivity contribution is -0.122. The molecule has 3 rings (SSSR count). The quantitative estimate of drug-likeness (QED) is 0.941. The average molecular weight is 310 g/mol. The first-order valence-electron chi connectivity index (χ1n) is 8.15. The molecule has 1 aromatic carbocycles. The summed E-state index contributed by atoms with van der Waals surface area (Å²) >= 11 is 0. The van der Waals surface area contributed by atoms with Gasteiger partial charge in [-0.05, 0) is 30.9 Å². The molecular formula is C18H22N4O. The van der Waals surface area contributed by atoms with Crippen molar-refractivity contribution in [2.75, 3.05) is 18.0 Å². The summed E-state index contributed by atoms with van der Waals surface area (Å²) in [7, 11) is 0. The Balaban J connectivity index is 1.89. The van der Waals surface area contributed by atoms with Gasteiger partial charge in [0.2, 0.25) is 5.91 Å². The molecule has 2 heterocycles. The zero-order valence-electron chi connectivity index (χ0n) is 13.4. The molecule has 2 N–H and O–H groups in total. The Labute approximate surface area is 136 Å². The lowest BCUT2D eigenvalue weighted by Crippen LogP contribution is -2.41. The standard InChI is InChI=1S/C18H22N4O/c1-2-13-11-16(22-10-6-9-15(12-22)18(19)23)20-21-17(13)14-7-4-3-5-8-14/h3-5,7-8,11,15H,2,6,9-10,12H2,1H3,(H2,19,23)/t15-/m1/s1. The third-order valence-corrected chi connectivity index (χ3v) is 4.44.